The average Bonchev–Trinajstić information content (AvgIpc) is 3.34. The van der Waals surface area contributed by atoms with E-state index < -0.39 is 20.0 Å². The molecule has 0 aliphatic carbocycles. The lowest BCUT2D eigenvalue weighted by atomic mass is 10.0. The Hall–Kier alpha value is -2.06. The van der Waals surface area contributed by atoms with Crippen LogP contribution in [0.25, 0.3) is 0 Å². The Kier molecular flexibility index (Phi) is 52.2. The Morgan fingerprint density at radius 3 is 1.22 bits per heavy atom. The summed E-state index contributed by atoms with van der Waals surface area (Å²) in [6.07, 6.45) is 74.0. The first-order valence-corrected chi connectivity index (χ1v) is 31.8. The maximum atomic E-state index is 13.0. The Morgan fingerprint density at radius 1 is 0.486 bits per heavy atom. The number of hydrogen-bond acceptors (Lipinski definition) is 5. The summed E-state index contributed by atoms with van der Waals surface area (Å²) in [6, 6.07) is -0.780. The molecular weight excluding hydrogens is 912 g/mol. The van der Waals surface area contributed by atoms with Crippen molar-refractivity contribution in [2.45, 2.75) is 283 Å². The number of phosphoric ester groups is 1. The molecule has 0 aromatic carbocycles. The lowest BCUT2D eigenvalue weighted by molar-refractivity contribution is -0.870. The molecule has 0 heterocycles. The number of hydrogen-bond donors (Lipinski definition) is 3. The van der Waals surface area contributed by atoms with Crippen molar-refractivity contribution in [1.29, 1.82) is 0 Å². The second-order valence-corrected chi connectivity index (χ2v) is 23.2. The Labute approximate surface area is 446 Å². The Morgan fingerprint density at radius 2 is 0.833 bits per heavy atom. The third kappa shape index (κ3) is 55.7. The third-order valence-corrected chi connectivity index (χ3v) is 14.5. The van der Waals surface area contributed by atoms with Crippen LogP contribution in [0.1, 0.15) is 271 Å². The number of quaternary nitrogens is 1. The summed E-state index contributed by atoms with van der Waals surface area (Å²) in [5.41, 5.74) is 0. The van der Waals surface area contributed by atoms with Gasteiger partial charge in [0.05, 0.1) is 39.9 Å². The van der Waals surface area contributed by atoms with E-state index in [0.717, 1.165) is 89.9 Å². The van der Waals surface area contributed by atoms with Crippen LogP contribution in [0.4, 0.5) is 0 Å². The van der Waals surface area contributed by atoms with Gasteiger partial charge in [-0.2, -0.15) is 0 Å². The van der Waals surface area contributed by atoms with Gasteiger partial charge >= 0.3 is 7.82 Å². The maximum absolute atomic E-state index is 13.0. The van der Waals surface area contributed by atoms with Gasteiger partial charge in [-0.15, -0.1) is 0 Å². The number of aliphatic hydroxyl groups is 1. The molecule has 3 atom stereocenters. The molecule has 1 amide bonds. The van der Waals surface area contributed by atoms with Gasteiger partial charge in [0.25, 0.3) is 0 Å². The van der Waals surface area contributed by atoms with Crippen LogP contribution < -0.4 is 5.32 Å². The van der Waals surface area contributed by atoms with E-state index in [9.17, 15) is 19.4 Å². The highest BCUT2D eigenvalue weighted by Gasteiger charge is 2.28. The van der Waals surface area contributed by atoms with Crippen LogP contribution in [0.5, 0.6) is 0 Å². The SMILES string of the molecule is CC/C=C\C/C=C\C/C=C\C/C=C\C/C=C\C/C=C\CCCCCCC(=O)NC(COP(=O)(O)OCC[N+](C)(C)C)C(O)CCCCCCCCCCCCCCCCCCCCCCCCCCCCC. The molecule has 3 unspecified atom stereocenters. The van der Waals surface area contributed by atoms with Crippen LogP contribution in [0.15, 0.2) is 72.9 Å². The maximum Gasteiger partial charge on any atom is 0.472 e. The quantitative estimate of drug-likeness (QED) is 0.0243. The number of amides is 1. The fraction of sp³-hybridized carbons (Fsp3) is 0.794. The molecule has 9 heteroatoms. The van der Waals surface area contributed by atoms with Gasteiger partial charge in [0.1, 0.15) is 13.2 Å². The molecule has 0 bridgehead atoms. The van der Waals surface area contributed by atoms with Crippen molar-refractivity contribution in [3.8, 4) is 0 Å². The second-order valence-electron chi connectivity index (χ2n) is 21.7. The van der Waals surface area contributed by atoms with Gasteiger partial charge in [0.2, 0.25) is 5.91 Å². The number of carbonyl (C=O) groups excluding carboxylic acids is 1. The normalized spacial score (nSPS) is 14.4. The van der Waals surface area contributed by atoms with Crippen LogP contribution in [0, 0.1) is 0 Å². The monoisotopic (exact) mass is 1030 g/mol. The molecule has 420 valence electrons. The summed E-state index contributed by atoms with van der Waals surface area (Å²) >= 11 is 0. The zero-order chi connectivity index (χ0) is 52.7. The average molecular weight is 1030 g/mol. The molecule has 8 nitrogen and oxygen atoms in total. The summed E-state index contributed by atoms with van der Waals surface area (Å²) < 4.78 is 23.8. The second kappa shape index (κ2) is 53.8. The first-order valence-electron chi connectivity index (χ1n) is 30.3. The molecule has 0 saturated heterocycles. The summed E-state index contributed by atoms with van der Waals surface area (Å²) in [5.74, 6) is -0.168. The summed E-state index contributed by atoms with van der Waals surface area (Å²) in [4.78, 5) is 23.4. The molecule has 72 heavy (non-hydrogen) atoms. The first kappa shape index (κ1) is 69.9. The van der Waals surface area contributed by atoms with Crippen molar-refractivity contribution in [3.63, 3.8) is 0 Å². The van der Waals surface area contributed by atoms with Gasteiger partial charge in [-0.25, -0.2) is 4.57 Å². The van der Waals surface area contributed by atoms with Crippen molar-refractivity contribution in [1.82, 2.24) is 5.32 Å². The van der Waals surface area contributed by atoms with Crippen LogP contribution in [-0.2, 0) is 18.4 Å². The number of unbranched alkanes of at least 4 members (excludes halogenated alkanes) is 30. The predicted molar refractivity (Wildman–Crippen MR) is 313 cm³/mol. The van der Waals surface area contributed by atoms with Crippen LogP contribution in [0.2, 0.25) is 0 Å². The number of carbonyl (C=O) groups is 1. The third-order valence-electron chi connectivity index (χ3n) is 13.5. The lowest BCUT2D eigenvalue weighted by Gasteiger charge is -2.26. The van der Waals surface area contributed by atoms with E-state index >= 15 is 0 Å². The zero-order valence-electron chi connectivity index (χ0n) is 47.9. The minimum atomic E-state index is -4.34. The highest BCUT2D eigenvalue weighted by molar-refractivity contribution is 7.47. The Balaban J connectivity index is 4.19. The zero-order valence-corrected chi connectivity index (χ0v) is 48.8. The fourth-order valence-electron chi connectivity index (χ4n) is 8.76. The number of allylic oxidation sites excluding steroid dienone is 12. The van der Waals surface area contributed by atoms with Gasteiger partial charge in [-0.05, 0) is 64.2 Å². The van der Waals surface area contributed by atoms with E-state index in [1.165, 1.54) is 154 Å². The van der Waals surface area contributed by atoms with E-state index in [-0.39, 0.29) is 19.1 Å². The van der Waals surface area contributed by atoms with E-state index in [2.05, 4.69) is 92.1 Å². The highest BCUT2D eigenvalue weighted by Crippen LogP contribution is 2.43. The van der Waals surface area contributed by atoms with Gasteiger partial charge < -0.3 is 19.8 Å². The first-order chi connectivity index (χ1) is 35.0. The van der Waals surface area contributed by atoms with Gasteiger partial charge in [-0.1, -0.05) is 273 Å². The van der Waals surface area contributed by atoms with Crippen LogP contribution >= 0.6 is 7.82 Å². The van der Waals surface area contributed by atoms with Crippen molar-refractivity contribution in [2.24, 2.45) is 0 Å². The summed E-state index contributed by atoms with van der Waals surface area (Å²) in [5, 5.41) is 14.1. The number of phosphoric acid groups is 1. The minimum absolute atomic E-state index is 0.0660. The molecule has 3 N–H and O–H groups in total. The van der Waals surface area contributed by atoms with Crippen molar-refractivity contribution in [3.05, 3.63) is 72.9 Å². The summed E-state index contributed by atoms with van der Waals surface area (Å²) in [7, 11) is 1.59. The van der Waals surface area contributed by atoms with Crippen LogP contribution in [-0.4, -0.2) is 73.4 Å². The Bertz CT molecular complexity index is 1400. The molecule has 0 aliphatic rings. The largest absolute Gasteiger partial charge is 0.472 e. The standard InChI is InChI=1S/C63H117N2O6P/c1-6-8-10-12-14-16-18-20-22-24-26-28-30-31-32-33-35-36-38-40-42-44-46-48-50-52-54-56-62(66)61(60-71-72(68,69)70-59-58-65(3,4)5)64-63(67)57-55-53-51-49-47-45-43-41-39-37-34-29-27-25-23-21-19-17-15-13-11-9-7-2/h9,11,15,17,21,23,27,29,37,39,43,45,61-62,66H,6-8,10,12-14,16,18-20,22,24-26,28,30-36,38,40-42,44,46-60H2,1-5H3,(H-,64,67,68,69)/p+1/b11-9-,17-15-,23-21-,29-27-,39-37-,45-43-. The number of aliphatic hydroxyl groups excluding tert-OH is 1. The number of rotatable bonds is 55. The minimum Gasteiger partial charge on any atom is -0.391 e. The molecule has 0 radical (unpaired) electrons. The fourth-order valence-corrected chi connectivity index (χ4v) is 9.49. The molecule has 0 spiro atoms. The molecule has 0 saturated carbocycles. The molecule has 0 rings (SSSR count). The number of nitrogens with one attached hydrogen (secondary N) is 1. The predicted octanol–water partition coefficient (Wildman–Crippen LogP) is 18.7. The van der Waals surface area contributed by atoms with E-state index in [0.29, 0.717) is 23.9 Å². The van der Waals surface area contributed by atoms with E-state index in [4.69, 9.17) is 9.05 Å². The molecular formula is C63H118N2O6P+. The van der Waals surface area contributed by atoms with Gasteiger partial charge in [0, 0.05) is 6.42 Å². The topological polar surface area (TPSA) is 105 Å². The molecule has 0 aromatic heterocycles. The summed E-state index contributed by atoms with van der Waals surface area (Å²) in [6.45, 7) is 4.78. The van der Waals surface area contributed by atoms with Gasteiger partial charge in [-0.3, -0.25) is 13.8 Å². The number of nitrogens with zero attached hydrogens (tertiary/aromatic N) is 1. The van der Waals surface area contributed by atoms with Crippen LogP contribution in [0.3, 0.4) is 0 Å². The molecule has 0 fully saturated rings. The highest BCUT2D eigenvalue weighted by atomic mass is 31.2. The van der Waals surface area contributed by atoms with Crippen molar-refractivity contribution in [2.75, 3.05) is 40.9 Å². The van der Waals surface area contributed by atoms with Crippen molar-refractivity contribution >= 4 is 13.7 Å². The molecule has 0 aromatic rings. The van der Waals surface area contributed by atoms with E-state index in [1.54, 1.807) is 0 Å². The number of likely N-dealkylation sites (N-methyl/N-ethyl adjacent to an activating group) is 1. The molecule has 0 aliphatic heterocycles. The smallest absolute Gasteiger partial charge is 0.391 e. The van der Waals surface area contributed by atoms with E-state index in [1.807, 2.05) is 21.1 Å². The van der Waals surface area contributed by atoms with Gasteiger partial charge in [0.15, 0.2) is 0 Å². The lowest BCUT2D eigenvalue weighted by Crippen LogP contribution is -2.46. The van der Waals surface area contributed by atoms with Crippen molar-refractivity contribution < 1.29 is 32.9 Å².